The molecular weight excluding hydrogens is 268 g/mol. The van der Waals surface area contributed by atoms with E-state index in [-0.39, 0.29) is 5.60 Å². The maximum atomic E-state index is 10.2. The van der Waals surface area contributed by atoms with Gasteiger partial charge in [0.25, 0.3) is 0 Å². The Kier molecular flexibility index (Phi) is 3.27. The summed E-state index contributed by atoms with van der Waals surface area (Å²) in [5.41, 5.74) is 0.701. The second-order valence-electron chi connectivity index (χ2n) is 4.39. The van der Waals surface area contributed by atoms with Crippen molar-refractivity contribution in [2.75, 3.05) is 0 Å². The van der Waals surface area contributed by atoms with Crippen LogP contribution in [0.3, 0.4) is 0 Å². The van der Waals surface area contributed by atoms with Crippen LogP contribution < -0.4 is 4.74 Å². The van der Waals surface area contributed by atoms with E-state index >= 15 is 0 Å². The van der Waals surface area contributed by atoms with Crippen LogP contribution in [-0.4, -0.2) is 10.7 Å². The van der Waals surface area contributed by atoms with Gasteiger partial charge in [-0.3, -0.25) is 0 Å². The van der Waals surface area contributed by atoms with E-state index in [1.807, 2.05) is 18.2 Å². The van der Waals surface area contributed by atoms with Gasteiger partial charge in [0.1, 0.15) is 11.4 Å². The number of aliphatic hydroxyl groups excluding tert-OH is 1. The third-order valence-corrected chi connectivity index (χ3v) is 4.00. The van der Waals surface area contributed by atoms with Gasteiger partial charge in [0, 0.05) is 16.5 Å². The Morgan fingerprint density at radius 3 is 2.75 bits per heavy atom. The first-order chi connectivity index (χ1) is 7.60. The van der Waals surface area contributed by atoms with Crippen LogP contribution in [0.5, 0.6) is 5.75 Å². The van der Waals surface area contributed by atoms with Gasteiger partial charge in [0.15, 0.2) is 0 Å². The molecule has 0 bridgehead atoms. The van der Waals surface area contributed by atoms with Gasteiger partial charge >= 0.3 is 0 Å². The average molecular weight is 285 g/mol. The first kappa shape index (κ1) is 11.9. The molecule has 2 rings (SSSR count). The monoisotopic (exact) mass is 284 g/mol. The fourth-order valence-corrected chi connectivity index (χ4v) is 2.67. The summed E-state index contributed by atoms with van der Waals surface area (Å²) >= 11 is 3.41. The first-order valence-electron chi connectivity index (χ1n) is 5.77. The smallest absolute Gasteiger partial charge is 0.126 e. The van der Waals surface area contributed by atoms with Crippen LogP contribution in [0.25, 0.3) is 0 Å². The lowest BCUT2D eigenvalue weighted by atomic mass is 9.85. The SMILES string of the molecule is CCC1(CC)CC(O)c2cc(Br)ccc2O1. The third kappa shape index (κ3) is 1.98. The maximum absolute atomic E-state index is 10.2. The molecule has 0 saturated heterocycles. The summed E-state index contributed by atoms with van der Waals surface area (Å²) in [6.07, 6.45) is 2.12. The van der Waals surface area contributed by atoms with E-state index in [1.54, 1.807) is 0 Å². The van der Waals surface area contributed by atoms with Crippen molar-refractivity contribution in [2.45, 2.75) is 44.8 Å². The summed E-state index contributed by atoms with van der Waals surface area (Å²) < 4.78 is 7.04. The molecule has 88 valence electrons. The fourth-order valence-electron chi connectivity index (χ4n) is 2.29. The number of rotatable bonds is 2. The van der Waals surface area contributed by atoms with Crippen LogP contribution in [0.2, 0.25) is 0 Å². The van der Waals surface area contributed by atoms with E-state index in [9.17, 15) is 5.11 Å². The number of hydrogen-bond donors (Lipinski definition) is 1. The molecule has 2 nitrogen and oxygen atoms in total. The minimum absolute atomic E-state index is 0.194. The zero-order chi connectivity index (χ0) is 11.8. The van der Waals surface area contributed by atoms with Gasteiger partial charge in [-0.1, -0.05) is 29.8 Å². The minimum atomic E-state index is -0.416. The quantitative estimate of drug-likeness (QED) is 0.895. The molecule has 1 atom stereocenters. The first-order valence-corrected chi connectivity index (χ1v) is 6.56. The van der Waals surface area contributed by atoms with Crippen LogP contribution in [0.15, 0.2) is 22.7 Å². The normalized spacial score (nSPS) is 22.4. The number of ether oxygens (including phenoxy) is 1. The lowest BCUT2D eigenvalue weighted by molar-refractivity contribution is -0.0196. The van der Waals surface area contributed by atoms with E-state index in [0.29, 0.717) is 6.42 Å². The molecule has 1 unspecified atom stereocenters. The van der Waals surface area contributed by atoms with Crippen molar-refractivity contribution in [3.8, 4) is 5.75 Å². The molecule has 1 aliphatic rings. The summed E-state index contributed by atoms with van der Waals surface area (Å²) in [5, 5.41) is 10.2. The van der Waals surface area contributed by atoms with Gasteiger partial charge in [-0.25, -0.2) is 0 Å². The molecule has 0 aliphatic carbocycles. The molecule has 0 spiro atoms. The highest BCUT2D eigenvalue weighted by Gasteiger charge is 2.37. The van der Waals surface area contributed by atoms with Crippen molar-refractivity contribution < 1.29 is 9.84 Å². The van der Waals surface area contributed by atoms with E-state index in [4.69, 9.17) is 4.74 Å². The Bertz CT molecular complexity index is 386. The number of hydrogen-bond acceptors (Lipinski definition) is 2. The summed E-state index contributed by atoms with van der Waals surface area (Å²) in [6.45, 7) is 4.22. The van der Waals surface area contributed by atoms with Crippen molar-refractivity contribution in [1.29, 1.82) is 0 Å². The summed E-state index contributed by atoms with van der Waals surface area (Å²) in [6, 6.07) is 5.82. The lowest BCUT2D eigenvalue weighted by Gasteiger charge is -2.39. The predicted molar refractivity (Wildman–Crippen MR) is 67.7 cm³/mol. The van der Waals surface area contributed by atoms with Crippen LogP contribution in [-0.2, 0) is 0 Å². The second kappa shape index (κ2) is 4.38. The van der Waals surface area contributed by atoms with E-state index < -0.39 is 6.10 Å². The molecule has 0 fully saturated rings. The molecule has 1 N–H and O–H groups in total. The van der Waals surface area contributed by atoms with Crippen molar-refractivity contribution in [2.24, 2.45) is 0 Å². The predicted octanol–water partition coefficient (Wildman–Crippen LogP) is 3.82. The Morgan fingerprint density at radius 1 is 1.44 bits per heavy atom. The molecular formula is C13H17BrO2. The highest BCUT2D eigenvalue weighted by molar-refractivity contribution is 9.10. The van der Waals surface area contributed by atoms with Crippen molar-refractivity contribution in [3.05, 3.63) is 28.2 Å². The van der Waals surface area contributed by atoms with Crippen LogP contribution in [0.1, 0.15) is 44.8 Å². The van der Waals surface area contributed by atoms with Gasteiger partial charge in [-0.05, 0) is 31.0 Å². The second-order valence-corrected chi connectivity index (χ2v) is 5.31. The molecule has 1 aromatic rings. The van der Waals surface area contributed by atoms with E-state index in [2.05, 4.69) is 29.8 Å². The van der Waals surface area contributed by atoms with Gasteiger partial charge in [-0.15, -0.1) is 0 Å². The van der Waals surface area contributed by atoms with Crippen LogP contribution in [0, 0.1) is 0 Å². The molecule has 0 radical (unpaired) electrons. The van der Waals surface area contributed by atoms with Crippen molar-refractivity contribution in [3.63, 3.8) is 0 Å². The number of benzene rings is 1. The number of fused-ring (bicyclic) bond motifs is 1. The fraction of sp³-hybridized carbons (Fsp3) is 0.538. The van der Waals surface area contributed by atoms with Crippen LogP contribution >= 0.6 is 15.9 Å². The average Bonchev–Trinajstić information content (AvgIpc) is 2.30. The molecule has 1 heterocycles. The Hall–Kier alpha value is -0.540. The van der Waals surface area contributed by atoms with Crippen molar-refractivity contribution >= 4 is 15.9 Å². The molecule has 3 heteroatoms. The molecule has 1 aliphatic heterocycles. The lowest BCUT2D eigenvalue weighted by Crippen LogP contribution is -2.39. The Morgan fingerprint density at radius 2 is 2.12 bits per heavy atom. The molecule has 0 saturated carbocycles. The highest BCUT2D eigenvalue weighted by Crippen LogP contribution is 2.43. The molecule has 1 aromatic carbocycles. The maximum Gasteiger partial charge on any atom is 0.126 e. The largest absolute Gasteiger partial charge is 0.487 e. The van der Waals surface area contributed by atoms with Crippen LogP contribution in [0.4, 0.5) is 0 Å². The zero-order valence-electron chi connectivity index (χ0n) is 9.66. The third-order valence-electron chi connectivity index (χ3n) is 3.51. The standard InChI is InChI=1S/C13H17BrO2/c1-3-13(4-2)8-11(15)10-7-9(14)5-6-12(10)16-13/h5-7,11,15H,3-4,8H2,1-2H3. The van der Waals surface area contributed by atoms with E-state index in [1.165, 1.54) is 0 Å². The Labute approximate surface area is 105 Å². The van der Waals surface area contributed by atoms with Gasteiger partial charge in [-0.2, -0.15) is 0 Å². The molecule has 0 aromatic heterocycles. The summed E-state index contributed by atoms with van der Waals surface area (Å²) in [7, 11) is 0. The molecule has 0 amide bonds. The minimum Gasteiger partial charge on any atom is -0.487 e. The van der Waals surface area contributed by atoms with E-state index in [0.717, 1.165) is 28.6 Å². The Balaban J connectivity index is 2.40. The number of aliphatic hydroxyl groups is 1. The van der Waals surface area contributed by atoms with Gasteiger partial charge < -0.3 is 9.84 Å². The summed E-state index contributed by atoms with van der Waals surface area (Å²) in [5.74, 6) is 0.825. The van der Waals surface area contributed by atoms with Gasteiger partial charge in [0.2, 0.25) is 0 Å². The summed E-state index contributed by atoms with van der Waals surface area (Å²) in [4.78, 5) is 0. The molecule has 16 heavy (non-hydrogen) atoms. The van der Waals surface area contributed by atoms with Gasteiger partial charge in [0.05, 0.1) is 6.10 Å². The highest BCUT2D eigenvalue weighted by atomic mass is 79.9. The topological polar surface area (TPSA) is 29.5 Å². The number of halogens is 1. The zero-order valence-corrected chi connectivity index (χ0v) is 11.3. The van der Waals surface area contributed by atoms with Crippen molar-refractivity contribution in [1.82, 2.24) is 0 Å².